The number of anilines is 1. The van der Waals surface area contributed by atoms with Crippen LogP contribution in [0.1, 0.15) is 43.9 Å². The second kappa shape index (κ2) is 8.83. The van der Waals surface area contributed by atoms with E-state index in [1.165, 1.54) is 54.5 Å². The molecule has 6 nitrogen and oxygen atoms in total. The second-order valence-corrected chi connectivity index (χ2v) is 8.41. The third kappa shape index (κ3) is 4.77. The van der Waals surface area contributed by atoms with Gasteiger partial charge in [0, 0.05) is 16.9 Å². The van der Waals surface area contributed by atoms with Crippen molar-refractivity contribution in [1.82, 2.24) is 15.2 Å². The van der Waals surface area contributed by atoms with Crippen LogP contribution in [0.5, 0.6) is 0 Å². The quantitative estimate of drug-likeness (QED) is 0.560. The van der Waals surface area contributed by atoms with Gasteiger partial charge in [0.15, 0.2) is 5.13 Å². The molecule has 9 heteroatoms. The molecular weight excluding hydrogens is 399 g/mol. The van der Waals surface area contributed by atoms with E-state index in [1.54, 1.807) is 12.1 Å². The number of carbonyl (C=O) groups excluding carboxylic acids is 1. The van der Waals surface area contributed by atoms with Crippen molar-refractivity contribution >= 4 is 34.1 Å². The first kappa shape index (κ1) is 19.1. The second-order valence-electron chi connectivity index (χ2n) is 6.62. The van der Waals surface area contributed by atoms with E-state index in [0.29, 0.717) is 27.9 Å². The van der Waals surface area contributed by atoms with Gasteiger partial charge in [-0.15, -0.1) is 21.5 Å². The maximum absolute atomic E-state index is 13.0. The number of halogens is 1. The first-order chi connectivity index (χ1) is 13.7. The number of benzene rings is 1. The van der Waals surface area contributed by atoms with Crippen LogP contribution in [0.25, 0.3) is 11.3 Å². The van der Waals surface area contributed by atoms with Crippen molar-refractivity contribution in [2.24, 2.45) is 0 Å². The lowest BCUT2D eigenvalue weighted by atomic mass is 9.89. The molecule has 1 amide bonds. The largest absolute Gasteiger partial charge is 0.416 e. The van der Waals surface area contributed by atoms with E-state index in [4.69, 9.17) is 4.42 Å². The lowest BCUT2D eigenvalue weighted by Gasteiger charge is -2.17. The van der Waals surface area contributed by atoms with Crippen LogP contribution in [-0.4, -0.2) is 26.8 Å². The number of amides is 1. The Morgan fingerprint density at radius 2 is 2.00 bits per heavy atom. The molecule has 0 atom stereocenters. The summed E-state index contributed by atoms with van der Waals surface area (Å²) in [5.41, 5.74) is 1.50. The Kier molecular flexibility index (Phi) is 6.01. The number of rotatable bonds is 6. The molecule has 1 aliphatic carbocycles. The Labute approximate surface area is 170 Å². The van der Waals surface area contributed by atoms with Crippen LogP contribution in [-0.2, 0) is 4.79 Å². The molecule has 1 N–H and O–H groups in total. The summed E-state index contributed by atoms with van der Waals surface area (Å²) in [5.74, 6) is 0.716. The maximum atomic E-state index is 13.0. The first-order valence-electron chi connectivity index (χ1n) is 9.15. The molecule has 1 aliphatic rings. The van der Waals surface area contributed by atoms with Gasteiger partial charge in [0.05, 0.1) is 11.4 Å². The lowest BCUT2D eigenvalue weighted by molar-refractivity contribution is -0.113. The van der Waals surface area contributed by atoms with Crippen LogP contribution in [0.15, 0.2) is 39.3 Å². The van der Waals surface area contributed by atoms with Gasteiger partial charge in [0.1, 0.15) is 5.82 Å². The predicted molar refractivity (Wildman–Crippen MR) is 107 cm³/mol. The number of thioether (sulfide) groups is 1. The molecule has 0 aliphatic heterocycles. The van der Waals surface area contributed by atoms with Gasteiger partial charge in [0.2, 0.25) is 11.8 Å². The van der Waals surface area contributed by atoms with Crippen molar-refractivity contribution in [3.63, 3.8) is 0 Å². The smallest absolute Gasteiger partial charge is 0.277 e. The minimum atomic E-state index is -0.294. The molecule has 0 saturated heterocycles. The van der Waals surface area contributed by atoms with Gasteiger partial charge in [-0.05, 0) is 37.1 Å². The Morgan fingerprint density at radius 3 is 2.79 bits per heavy atom. The summed E-state index contributed by atoms with van der Waals surface area (Å²) in [4.78, 5) is 16.6. The molecule has 3 aromatic rings. The Morgan fingerprint density at radius 1 is 1.21 bits per heavy atom. The van der Waals surface area contributed by atoms with Crippen LogP contribution in [0, 0.1) is 5.82 Å². The van der Waals surface area contributed by atoms with Crippen LogP contribution < -0.4 is 5.32 Å². The SMILES string of the molecule is O=C(CSc1nnc(C2CCCCC2)o1)Nc1nc(-c2ccc(F)cc2)cs1. The number of hydrogen-bond acceptors (Lipinski definition) is 7. The minimum Gasteiger partial charge on any atom is -0.416 e. The summed E-state index contributed by atoms with van der Waals surface area (Å²) in [6.45, 7) is 0. The highest BCUT2D eigenvalue weighted by molar-refractivity contribution is 7.99. The van der Waals surface area contributed by atoms with Crippen molar-refractivity contribution in [1.29, 1.82) is 0 Å². The van der Waals surface area contributed by atoms with E-state index in [1.807, 2.05) is 5.38 Å². The number of thiazole rings is 1. The molecule has 146 valence electrons. The highest BCUT2D eigenvalue weighted by Gasteiger charge is 2.21. The summed E-state index contributed by atoms with van der Waals surface area (Å²) >= 11 is 2.54. The number of nitrogens with one attached hydrogen (secondary N) is 1. The van der Waals surface area contributed by atoms with Gasteiger partial charge in [0.25, 0.3) is 5.22 Å². The van der Waals surface area contributed by atoms with Crippen molar-refractivity contribution in [3.05, 3.63) is 41.4 Å². The molecule has 4 rings (SSSR count). The zero-order valence-electron chi connectivity index (χ0n) is 15.1. The summed E-state index contributed by atoms with van der Waals surface area (Å²) < 4.78 is 18.7. The van der Waals surface area contributed by atoms with Crippen molar-refractivity contribution in [2.45, 2.75) is 43.2 Å². The summed E-state index contributed by atoms with van der Waals surface area (Å²) in [6.07, 6.45) is 5.85. The lowest BCUT2D eigenvalue weighted by Crippen LogP contribution is -2.13. The van der Waals surface area contributed by atoms with Gasteiger partial charge < -0.3 is 9.73 Å². The number of aromatic nitrogens is 3. The van der Waals surface area contributed by atoms with E-state index in [0.717, 1.165) is 18.4 Å². The highest BCUT2D eigenvalue weighted by Crippen LogP contribution is 2.33. The minimum absolute atomic E-state index is 0.164. The number of carbonyl (C=O) groups is 1. The average molecular weight is 419 g/mol. The standard InChI is InChI=1S/C19H19FN4O2S2/c20-14-8-6-12(7-9-14)15-10-27-18(21-15)22-16(25)11-28-19-24-23-17(26-19)13-4-2-1-3-5-13/h6-10,13H,1-5,11H2,(H,21,22,25). The number of nitrogens with zero attached hydrogens (tertiary/aromatic N) is 3. The topological polar surface area (TPSA) is 80.9 Å². The summed E-state index contributed by atoms with van der Waals surface area (Å²) in [6, 6.07) is 6.09. The summed E-state index contributed by atoms with van der Waals surface area (Å²) in [7, 11) is 0. The molecule has 0 radical (unpaired) electrons. The fourth-order valence-electron chi connectivity index (χ4n) is 3.16. The zero-order valence-corrected chi connectivity index (χ0v) is 16.7. The van der Waals surface area contributed by atoms with Gasteiger partial charge in [-0.3, -0.25) is 4.79 Å². The molecule has 28 heavy (non-hydrogen) atoms. The van der Waals surface area contributed by atoms with Crippen LogP contribution in [0.3, 0.4) is 0 Å². The molecule has 0 unspecified atom stereocenters. The Hall–Kier alpha value is -2.26. The molecule has 1 fully saturated rings. The molecule has 2 heterocycles. The monoisotopic (exact) mass is 418 g/mol. The van der Waals surface area contributed by atoms with Crippen LogP contribution in [0.4, 0.5) is 9.52 Å². The predicted octanol–water partition coefficient (Wildman–Crippen LogP) is 5.11. The van der Waals surface area contributed by atoms with Crippen molar-refractivity contribution < 1.29 is 13.6 Å². The fourth-order valence-corrected chi connectivity index (χ4v) is 4.47. The summed E-state index contributed by atoms with van der Waals surface area (Å²) in [5, 5.41) is 13.7. The molecule has 2 aromatic heterocycles. The highest BCUT2D eigenvalue weighted by atomic mass is 32.2. The third-order valence-electron chi connectivity index (χ3n) is 4.59. The zero-order chi connectivity index (χ0) is 19.3. The molecular formula is C19H19FN4O2S2. The van der Waals surface area contributed by atoms with E-state index in [9.17, 15) is 9.18 Å². The first-order valence-corrected chi connectivity index (χ1v) is 11.0. The third-order valence-corrected chi connectivity index (χ3v) is 6.17. The number of hydrogen-bond donors (Lipinski definition) is 1. The van der Waals surface area contributed by atoms with Gasteiger partial charge in [-0.2, -0.15) is 0 Å². The van der Waals surface area contributed by atoms with E-state index < -0.39 is 0 Å². The van der Waals surface area contributed by atoms with Gasteiger partial charge in [-0.25, -0.2) is 9.37 Å². The van der Waals surface area contributed by atoms with E-state index in [2.05, 4.69) is 20.5 Å². The Balaban J connectivity index is 1.29. The molecule has 0 bridgehead atoms. The van der Waals surface area contributed by atoms with Crippen LogP contribution in [0.2, 0.25) is 0 Å². The normalized spacial score (nSPS) is 14.9. The Bertz CT molecular complexity index is 936. The van der Waals surface area contributed by atoms with Crippen molar-refractivity contribution in [2.75, 3.05) is 11.1 Å². The van der Waals surface area contributed by atoms with Gasteiger partial charge in [-0.1, -0.05) is 31.0 Å². The molecule has 1 aromatic carbocycles. The molecule has 1 saturated carbocycles. The molecule has 0 spiro atoms. The van der Waals surface area contributed by atoms with E-state index in [-0.39, 0.29) is 17.5 Å². The van der Waals surface area contributed by atoms with Crippen molar-refractivity contribution in [3.8, 4) is 11.3 Å². The van der Waals surface area contributed by atoms with Gasteiger partial charge >= 0.3 is 0 Å². The van der Waals surface area contributed by atoms with Crippen LogP contribution >= 0.6 is 23.1 Å². The maximum Gasteiger partial charge on any atom is 0.277 e. The van der Waals surface area contributed by atoms with E-state index >= 15 is 0 Å². The fraction of sp³-hybridized carbons (Fsp3) is 0.368. The average Bonchev–Trinajstić information content (AvgIpc) is 3.37.